The second kappa shape index (κ2) is 8.95. The van der Waals surface area contributed by atoms with E-state index in [0.717, 1.165) is 33.9 Å². The van der Waals surface area contributed by atoms with Crippen LogP contribution >= 0.6 is 11.8 Å². The van der Waals surface area contributed by atoms with Crippen LogP contribution in [-0.4, -0.2) is 28.7 Å². The van der Waals surface area contributed by atoms with Gasteiger partial charge in [-0.3, -0.25) is 4.79 Å². The Labute approximate surface area is 163 Å². The van der Waals surface area contributed by atoms with Crippen molar-refractivity contribution in [1.82, 2.24) is 9.55 Å². The number of fused-ring (bicyclic) bond motifs is 1. The summed E-state index contributed by atoms with van der Waals surface area (Å²) in [6, 6.07) is 15.8. The van der Waals surface area contributed by atoms with E-state index in [9.17, 15) is 4.79 Å². The van der Waals surface area contributed by atoms with Gasteiger partial charge in [-0.25, -0.2) is 4.98 Å². The average Bonchev–Trinajstić information content (AvgIpc) is 3.03. The molecule has 0 amide bonds. The molecule has 5 nitrogen and oxygen atoms in total. The normalized spacial score (nSPS) is 12.1. The first-order chi connectivity index (χ1) is 13.1. The van der Waals surface area contributed by atoms with E-state index >= 15 is 0 Å². The summed E-state index contributed by atoms with van der Waals surface area (Å²) < 4.78 is 12.8. The molecule has 27 heavy (non-hydrogen) atoms. The Balaban J connectivity index is 1.85. The van der Waals surface area contributed by atoms with E-state index in [-0.39, 0.29) is 18.6 Å². The van der Waals surface area contributed by atoms with Crippen LogP contribution in [0.5, 0.6) is 5.75 Å². The molecule has 1 atom stereocenters. The Morgan fingerprint density at radius 2 is 1.93 bits per heavy atom. The molecule has 6 heteroatoms. The van der Waals surface area contributed by atoms with Crippen LogP contribution in [0.3, 0.4) is 0 Å². The molecule has 2 aromatic carbocycles. The van der Waals surface area contributed by atoms with Crippen molar-refractivity contribution in [3.63, 3.8) is 0 Å². The van der Waals surface area contributed by atoms with Crippen LogP contribution in [0, 0.1) is 0 Å². The van der Waals surface area contributed by atoms with Gasteiger partial charge in [0.1, 0.15) is 12.3 Å². The summed E-state index contributed by atoms with van der Waals surface area (Å²) in [5.41, 5.74) is 2.89. The highest BCUT2D eigenvalue weighted by Crippen LogP contribution is 2.30. The lowest BCUT2D eigenvalue weighted by Crippen LogP contribution is -2.19. The van der Waals surface area contributed by atoms with Gasteiger partial charge >= 0.3 is 5.97 Å². The Bertz CT molecular complexity index is 923. The number of hydrogen-bond donors (Lipinski definition) is 0. The maximum absolute atomic E-state index is 12.4. The number of hydrogen-bond acceptors (Lipinski definition) is 5. The predicted octanol–water partition coefficient (Wildman–Crippen LogP) is 4.68. The lowest BCUT2D eigenvalue weighted by atomic mass is 10.2. The van der Waals surface area contributed by atoms with Gasteiger partial charge in [-0.05, 0) is 31.5 Å². The van der Waals surface area contributed by atoms with Crippen LogP contribution in [-0.2, 0) is 21.8 Å². The van der Waals surface area contributed by atoms with Crippen LogP contribution in [0.25, 0.3) is 11.0 Å². The number of para-hydroxylation sites is 3. The predicted molar refractivity (Wildman–Crippen MR) is 108 cm³/mol. The molecule has 3 rings (SSSR count). The van der Waals surface area contributed by atoms with Crippen molar-refractivity contribution in [3.8, 4) is 5.75 Å². The molecule has 0 aliphatic heterocycles. The quantitative estimate of drug-likeness (QED) is 0.417. The maximum Gasteiger partial charge on any atom is 0.326 e. The number of aromatic nitrogens is 2. The highest BCUT2D eigenvalue weighted by molar-refractivity contribution is 7.98. The average molecular weight is 385 g/mol. The van der Waals surface area contributed by atoms with Crippen molar-refractivity contribution in [2.75, 3.05) is 7.11 Å². The third-order valence-electron chi connectivity index (χ3n) is 4.36. The van der Waals surface area contributed by atoms with Gasteiger partial charge < -0.3 is 14.0 Å². The van der Waals surface area contributed by atoms with E-state index < -0.39 is 0 Å². The molecule has 0 saturated carbocycles. The topological polar surface area (TPSA) is 53.4 Å². The van der Waals surface area contributed by atoms with Crippen molar-refractivity contribution >= 4 is 28.8 Å². The summed E-state index contributed by atoms with van der Waals surface area (Å²) in [6.45, 7) is 4.06. The lowest BCUT2D eigenvalue weighted by molar-refractivity contribution is -0.149. The smallest absolute Gasteiger partial charge is 0.326 e. The van der Waals surface area contributed by atoms with E-state index in [4.69, 9.17) is 14.5 Å². The second-order valence-corrected chi connectivity index (χ2v) is 7.22. The molecule has 0 aliphatic rings. The zero-order valence-corrected chi connectivity index (χ0v) is 16.7. The number of methoxy groups -OCH3 is 1. The number of carbonyl (C=O) groups excluding carboxylic acids is 1. The molecule has 0 fully saturated rings. The molecular weight excluding hydrogens is 360 g/mol. The lowest BCUT2D eigenvalue weighted by Gasteiger charge is -2.13. The molecular formula is C21H24N2O3S. The first-order valence-electron chi connectivity index (χ1n) is 9.01. The van der Waals surface area contributed by atoms with Crippen molar-refractivity contribution < 1.29 is 14.3 Å². The molecule has 0 N–H and O–H groups in total. The molecule has 1 unspecified atom stereocenters. The summed E-state index contributed by atoms with van der Waals surface area (Å²) in [5, 5.41) is 0.795. The van der Waals surface area contributed by atoms with E-state index in [0.29, 0.717) is 5.75 Å². The Kier molecular flexibility index (Phi) is 6.40. The fourth-order valence-electron chi connectivity index (χ4n) is 2.75. The number of esters is 1. The van der Waals surface area contributed by atoms with Crippen LogP contribution < -0.4 is 4.74 Å². The number of benzene rings is 2. The van der Waals surface area contributed by atoms with Crippen molar-refractivity contribution in [3.05, 3.63) is 54.1 Å². The number of nitrogens with zero attached hydrogens (tertiary/aromatic N) is 2. The summed E-state index contributed by atoms with van der Waals surface area (Å²) in [4.78, 5) is 17.1. The van der Waals surface area contributed by atoms with Gasteiger partial charge in [0.05, 0.1) is 24.2 Å². The summed E-state index contributed by atoms with van der Waals surface area (Å²) in [5.74, 6) is 1.31. The fraction of sp³-hybridized carbons (Fsp3) is 0.333. The molecule has 0 bridgehead atoms. The number of carbonyl (C=O) groups is 1. The molecule has 1 heterocycles. The van der Waals surface area contributed by atoms with Crippen molar-refractivity contribution in [2.45, 2.75) is 43.8 Å². The summed E-state index contributed by atoms with van der Waals surface area (Å²) in [6.07, 6.45) is 0.711. The van der Waals surface area contributed by atoms with Gasteiger partial charge in [0.15, 0.2) is 5.16 Å². The third-order valence-corrected chi connectivity index (χ3v) is 5.39. The summed E-state index contributed by atoms with van der Waals surface area (Å²) in [7, 11) is 1.67. The zero-order valence-electron chi connectivity index (χ0n) is 15.8. The first kappa shape index (κ1) is 19.3. The van der Waals surface area contributed by atoms with Gasteiger partial charge in [0.25, 0.3) is 0 Å². The van der Waals surface area contributed by atoms with Gasteiger partial charge in [-0.1, -0.05) is 49.0 Å². The van der Waals surface area contributed by atoms with Gasteiger partial charge in [-0.2, -0.15) is 0 Å². The van der Waals surface area contributed by atoms with Gasteiger partial charge in [0, 0.05) is 11.3 Å². The summed E-state index contributed by atoms with van der Waals surface area (Å²) >= 11 is 1.59. The van der Waals surface area contributed by atoms with Crippen LogP contribution in [0.1, 0.15) is 25.8 Å². The van der Waals surface area contributed by atoms with Crippen molar-refractivity contribution in [1.29, 1.82) is 0 Å². The molecule has 0 aliphatic carbocycles. The van der Waals surface area contributed by atoms with E-state index in [1.165, 1.54) is 0 Å². The van der Waals surface area contributed by atoms with E-state index in [1.54, 1.807) is 18.9 Å². The number of ether oxygens (including phenoxy) is 2. The third kappa shape index (κ3) is 4.63. The van der Waals surface area contributed by atoms with Gasteiger partial charge in [-0.15, -0.1) is 0 Å². The van der Waals surface area contributed by atoms with Crippen LogP contribution in [0.2, 0.25) is 0 Å². The Morgan fingerprint density at radius 1 is 1.19 bits per heavy atom. The maximum atomic E-state index is 12.4. The minimum absolute atomic E-state index is 0.0861. The highest BCUT2D eigenvalue weighted by atomic mass is 32.2. The van der Waals surface area contributed by atoms with E-state index in [1.807, 2.05) is 66.9 Å². The Morgan fingerprint density at radius 3 is 2.70 bits per heavy atom. The standard InChI is InChI=1S/C21H24N2O3S/c1-4-15(2)26-20(24)13-23-18-11-7-6-10-17(18)22-21(23)27-14-16-9-5-8-12-19(16)25-3/h5-12,15H,4,13-14H2,1-3H3. The first-order valence-corrected chi connectivity index (χ1v) is 10.00. The van der Waals surface area contributed by atoms with Crippen LogP contribution in [0.15, 0.2) is 53.7 Å². The number of imidazole rings is 1. The number of rotatable bonds is 8. The second-order valence-electron chi connectivity index (χ2n) is 6.28. The molecule has 3 aromatic rings. The molecule has 142 valence electrons. The molecule has 1 aromatic heterocycles. The monoisotopic (exact) mass is 384 g/mol. The molecule has 0 radical (unpaired) electrons. The minimum Gasteiger partial charge on any atom is -0.496 e. The largest absolute Gasteiger partial charge is 0.496 e. The molecule has 0 saturated heterocycles. The van der Waals surface area contributed by atoms with Crippen LogP contribution in [0.4, 0.5) is 0 Å². The minimum atomic E-state index is -0.244. The Hall–Kier alpha value is -2.47. The van der Waals surface area contributed by atoms with Crippen molar-refractivity contribution in [2.24, 2.45) is 0 Å². The van der Waals surface area contributed by atoms with Gasteiger partial charge in [0.2, 0.25) is 0 Å². The number of thioether (sulfide) groups is 1. The molecule has 0 spiro atoms. The SMILES string of the molecule is CCC(C)OC(=O)Cn1c(SCc2ccccc2OC)nc2ccccc21. The fourth-order valence-corrected chi connectivity index (χ4v) is 3.76. The highest BCUT2D eigenvalue weighted by Gasteiger charge is 2.16. The van der Waals surface area contributed by atoms with E-state index in [2.05, 4.69) is 0 Å². The zero-order chi connectivity index (χ0) is 19.2.